The fourth-order valence-corrected chi connectivity index (χ4v) is 6.11. The molecule has 10 nitrogen and oxygen atoms in total. The van der Waals surface area contributed by atoms with Gasteiger partial charge in [-0.15, -0.1) is 0 Å². The summed E-state index contributed by atoms with van der Waals surface area (Å²) in [5, 5.41) is 16.5. The van der Waals surface area contributed by atoms with Crippen molar-refractivity contribution in [3.63, 3.8) is 0 Å². The van der Waals surface area contributed by atoms with Gasteiger partial charge in [-0.05, 0) is 57.7 Å². The van der Waals surface area contributed by atoms with Crippen LogP contribution in [0.5, 0.6) is 5.75 Å². The van der Waals surface area contributed by atoms with Gasteiger partial charge in [0.25, 0.3) is 5.91 Å². The Labute approximate surface area is 230 Å². The molecule has 0 radical (unpaired) electrons. The van der Waals surface area contributed by atoms with Crippen LogP contribution in [0.1, 0.15) is 75.6 Å². The lowest BCUT2D eigenvalue weighted by Gasteiger charge is -2.34. The number of fused-ring (bicyclic) bond motifs is 1. The zero-order chi connectivity index (χ0) is 27.7. The summed E-state index contributed by atoms with van der Waals surface area (Å²) < 4.78 is 5.60. The fourth-order valence-electron chi connectivity index (χ4n) is 6.11. The van der Waals surface area contributed by atoms with Crippen LogP contribution >= 0.6 is 0 Å². The van der Waals surface area contributed by atoms with E-state index in [9.17, 15) is 14.7 Å². The standard InChI is InChI=1S/C29H40N6O4/c1-29(2)17-35(19-9-5-6-10-19)25-22(34(3)27(29)38)16-30-28(33-25)32-21-14-13-18(15-24(21)39-4)26(37)31-20-11-7-8-12-23(20)36/h13-16,19-20,23,36H,5-12,17H2,1-4H3,(H,31,37)(H,30,32,33)/t20-,23-/m1/s1. The number of aliphatic hydroxyl groups excluding tert-OH is 1. The van der Waals surface area contributed by atoms with Crippen molar-refractivity contribution in [3.05, 3.63) is 30.0 Å². The van der Waals surface area contributed by atoms with Crippen molar-refractivity contribution >= 4 is 35.0 Å². The fraction of sp³-hybridized carbons (Fsp3) is 0.586. The van der Waals surface area contributed by atoms with Crippen LogP contribution in [-0.2, 0) is 4.79 Å². The molecule has 2 atom stereocenters. The van der Waals surface area contributed by atoms with Crippen molar-refractivity contribution in [1.29, 1.82) is 0 Å². The normalized spacial score (nSPS) is 23.3. The van der Waals surface area contributed by atoms with Gasteiger partial charge in [0.2, 0.25) is 11.9 Å². The number of amides is 2. The monoisotopic (exact) mass is 536 g/mol. The molecule has 3 N–H and O–H groups in total. The van der Waals surface area contributed by atoms with Crippen LogP contribution in [0.2, 0.25) is 0 Å². The molecule has 39 heavy (non-hydrogen) atoms. The minimum atomic E-state index is -0.557. The molecule has 2 aliphatic carbocycles. The lowest BCUT2D eigenvalue weighted by molar-refractivity contribution is -0.125. The average Bonchev–Trinajstić information content (AvgIpc) is 3.45. The predicted molar refractivity (Wildman–Crippen MR) is 151 cm³/mol. The van der Waals surface area contributed by atoms with Gasteiger partial charge in [-0.25, -0.2) is 4.98 Å². The number of carbonyl (C=O) groups excluding carboxylic acids is 2. The van der Waals surface area contributed by atoms with E-state index in [1.807, 2.05) is 13.8 Å². The Balaban J connectivity index is 1.40. The molecule has 1 aromatic heterocycles. The van der Waals surface area contributed by atoms with E-state index in [4.69, 9.17) is 9.72 Å². The van der Waals surface area contributed by atoms with E-state index >= 15 is 0 Å². The third kappa shape index (κ3) is 5.52. The highest BCUT2D eigenvalue weighted by Gasteiger charge is 2.41. The smallest absolute Gasteiger partial charge is 0.251 e. The molecule has 210 valence electrons. The van der Waals surface area contributed by atoms with Gasteiger partial charge in [-0.1, -0.05) is 25.7 Å². The van der Waals surface area contributed by atoms with E-state index in [-0.39, 0.29) is 17.9 Å². The van der Waals surface area contributed by atoms with Crippen LogP contribution in [0, 0.1) is 5.41 Å². The molecule has 2 heterocycles. The highest BCUT2D eigenvalue weighted by molar-refractivity contribution is 6.01. The van der Waals surface area contributed by atoms with Crippen molar-refractivity contribution in [2.45, 2.75) is 83.4 Å². The number of ether oxygens (including phenoxy) is 1. The van der Waals surface area contributed by atoms with Gasteiger partial charge in [0.1, 0.15) is 11.4 Å². The molecule has 1 aromatic carbocycles. The number of hydrogen-bond acceptors (Lipinski definition) is 8. The first-order chi connectivity index (χ1) is 18.7. The summed E-state index contributed by atoms with van der Waals surface area (Å²) in [4.78, 5) is 39.6. The second-order valence-corrected chi connectivity index (χ2v) is 11.7. The molecule has 2 amide bonds. The quantitative estimate of drug-likeness (QED) is 0.507. The first kappa shape index (κ1) is 27.2. The Kier molecular flexibility index (Phi) is 7.66. The lowest BCUT2D eigenvalue weighted by atomic mass is 9.91. The van der Waals surface area contributed by atoms with E-state index in [1.165, 1.54) is 12.8 Å². The summed E-state index contributed by atoms with van der Waals surface area (Å²) in [5.41, 5.74) is 1.22. The molecular weight excluding hydrogens is 496 g/mol. The molecule has 10 heteroatoms. The van der Waals surface area contributed by atoms with Crippen molar-refractivity contribution in [1.82, 2.24) is 15.3 Å². The Morgan fingerprint density at radius 2 is 1.85 bits per heavy atom. The third-order valence-electron chi connectivity index (χ3n) is 8.35. The van der Waals surface area contributed by atoms with Crippen molar-refractivity contribution in [2.75, 3.05) is 35.8 Å². The SMILES string of the molecule is COc1cc(C(=O)N[C@@H]2CCCC[C@H]2O)ccc1Nc1ncc2c(n1)N(C1CCCC1)CC(C)(C)C(=O)N2C. The molecule has 2 aromatic rings. The summed E-state index contributed by atoms with van der Waals surface area (Å²) in [7, 11) is 3.34. The van der Waals surface area contributed by atoms with Gasteiger partial charge in [0.15, 0.2) is 5.82 Å². The molecular formula is C29H40N6O4. The molecule has 1 aliphatic heterocycles. The molecule has 0 unspecified atom stereocenters. The number of carbonyl (C=O) groups is 2. The second kappa shape index (κ2) is 11.0. The number of nitrogens with one attached hydrogen (secondary N) is 2. The highest BCUT2D eigenvalue weighted by Crippen LogP contribution is 2.40. The molecule has 0 bridgehead atoms. The van der Waals surface area contributed by atoms with Crippen molar-refractivity contribution < 1.29 is 19.4 Å². The lowest BCUT2D eigenvalue weighted by Crippen LogP contribution is -2.45. The molecule has 0 spiro atoms. The number of methoxy groups -OCH3 is 1. The summed E-state index contributed by atoms with van der Waals surface area (Å²) in [6.07, 6.45) is 9.15. The van der Waals surface area contributed by atoms with Gasteiger partial charge in [-0.2, -0.15) is 4.98 Å². The largest absolute Gasteiger partial charge is 0.495 e. The molecule has 0 saturated heterocycles. The Morgan fingerprint density at radius 3 is 2.56 bits per heavy atom. The van der Waals surface area contributed by atoms with Crippen molar-refractivity contribution in [3.8, 4) is 5.75 Å². The third-order valence-corrected chi connectivity index (χ3v) is 8.35. The molecule has 2 fully saturated rings. The number of rotatable bonds is 6. The molecule has 5 rings (SSSR count). The van der Waals surface area contributed by atoms with Crippen LogP contribution in [-0.4, -0.2) is 65.8 Å². The van der Waals surface area contributed by atoms with Gasteiger partial charge in [-0.3, -0.25) is 9.59 Å². The number of hydrogen-bond donors (Lipinski definition) is 3. The summed E-state index contributed by atoms with van der Waals surface area (Å²) in [5.74, 6) is 1.42. The second-order valence-electron chi connectivity index (χ2n) is 11.7. The van der Waals surface area contributed by atoms with Crippen LogP contribution < -0.4 is 25.2 Å². The van der Waals surface area contributed by atoms with E-state index in [1.54, 1.807) is 43.5 Å². The van der Waals surface area contributed by atoms with E-state index < -0.39 is 11.5 Å². The zero-order valence-electron chi connectivity index (χ0n) is 23.4. The van der Waals surface area contributed by atoms with Crippen LogP contribution in [0.4, 0.5) is 23.1 Å². The molecule has 3 aliphatic rings. The first-order valence-electron chi connectivity index (χ1n) is 14.0. The topological polar surface area (TPSA) is 120 Å². The maximum atomic E-state index is 13.2. The summed E-state index contributed by atoms with van der Waals surface area (Å²) in [6, 6.07) is 5.27. The zero-order valence-corrected chi connectivity index (χ0v) is 23.4. The maximum Gasteiger partial charge on any atom is 0.251 e. The van der Waals surface area contributed by atoms with Gasteiger partial charge in [0, 0.05) is 25.2 Å². The Morgan fingerprint density at radius 1 is 1.13 bits per heavy atom. The van der Waals surface area contributed by atoms with Gasteiger partial charge < -0.3 is 30.3 Å². The van der Waals surface area contributed by atoms with Gasteiger partial charge in [0.05, 0.1) is 36.6 Å². The highest BCUT2D eigenvalue weighted by atomic mass is 16.5. The average molecular weight is 537 g/mol. The van der Waals surface area contributed by atoms with E-state index in [2.05, 4.69) is 20.5 Å². The van der Waals surface area contributed by atoms with Crippen molar-refractivity contribution in [2.24, 2.45) is 5.41 Å². The Hall–Kier alpha value is -3.40. The predicted octanol–water partition coefficient (Wildman–Crippen LogP) is 4.01. The molecule has 2 saturated carbocycles. The van der Waals surface area contributed by atoms with Crippen LogP contribution in [0.3, 0.4) is 0 Å². The van der Waals surface area contributed by atoms with Crippen LogP contribution in [0.15, 0.2) is 24.4 Å². The first-order valence-corrected chi connectivity index (χ1v) is 14.0. The minimum Gasteiger partial charge on any atom is -0.495 e. The summed E-state index contributed by atoms with van der Waals surface area (Å²) in [6.45, 7) is 4.57. The number of aromatic nitrogens is 2. The number of benzene rings is 1. The number of nitrogens with zero attached hydrogens (tertiary/aromatic N) is 4. The van der Waals surface area contributed by atoms with Gasteiger partial charge >= 0.3 is 0 Å². The Bertz CT molecular complexity index is 1230. The summed E-state index contributed by atoms with van der Waals surface area (Å²) >= 11 is 0. The number of anilines is 4. The minimum absolute atomic E-state index is 0.0461. The van der Waals surface area contributed by atoms with E-state index in [0.29, 0.717) is 47.6 Å². The maximum absolute atomic E-state index is 13.2. The number of aliphatic hydroxyl groups is 1. The van der Waals surface area contributed by atoms with Crippen LogP contribution in [0.25, 0.3) is 0 Å². The van der Waals surface area contributed by atoms with E-state index in [0.717, 1.165) is 37.9 Å².